The van der Waals surface area contributed by atoms with Gasteiger partial charge < -0.3 is 9.84 Å². The van der Waals surface area contributed by atoms with Crippen LogP contribution in [-0.2, 0) is 11.2 Å². The number of aryl methyl sites for hydroxylation is 1. The van der Waals surface area contributed by atoms with Crippen molar-refractivity contribution in [2.75, 3.05) is 5.32 Å². The number of carbonyl (C=O) groups excluding carboxylic acids is 1. The zero-order valence-corrected chi connectivity index (χ0v) is 14.9. The molecule has 0 aliphatic heterocycles. The predicted molar refractivity (Wildman–Crippen MR) is 93.7 cm³/mol. The second kappa shape index (κ2) is 7.25. The third kappa shape index (κ3) is 4.19. The Hall–Kier alpha value is -1.70. The summed E-state index contributed by atoms with van der Waals surface area (Å²) >= 11 is 10.9. The summed E-state index contributed by atoms with van der Waals surface area (Å²) in [6, 6.07) is 9.12. The number of hydrogen-bond acceptors (Lipinski definition) is 5. The first-order valence-corrected chi connectivity index (χ1v) is 8.78. The van der Waals surface area contributed by atoms with Gasteiger partial charge in [-0.2, -0.15) is 4.98 Å². The molecule has 8 heteroatoms. The topological polar surface area (TPSA) is 68.0 Å². The molecule has 0 radical (unpaired) electrons. The van der Waals surface area contributed by atoms with Gasteiger partial charge in [-0.05, 0) is 29.6 Å². The van der Waals surface area contributed by atoms with Gasteiger partial charge in [-0.3, -0.25) is 4.79 Å². The Morgan fingerprint density at radius 2 is 2.26 bits per heavy atom. The summed E-state index contributed by atoms with van der Waals surface area (Å²) in [5.74, 6) is 0.821. The Bertz CT molecular complexity index is 820. The molecular formula is C15H11BrClN3O2S. The van der Waals surface area contributed by atoms with E-state index in [0.29, 0.717) is 28.8 Å². The van der Waals surface area contributed by atoms with Gasteiger partial charge in [0, 0.05) is 17.3 Å². The molecule has 0 bridgehead atoms. The van der Waals surface area contributed by atoms with E-state index in [9.17, 15) is 4.79 Å². The highest BCUT2D eigenvalue weighted by Crippen LogP contribution is 2.26. The van der Waals surface area contributed by atoms with Gasteiger partial charge in [0.25, 0.3) is 0 Å². The van der Waals surface area contributed by atoms with Crippen LogP contribution in [0.4, 0.5) is 5.69 Å². The van der Waals surface area contributed by atoms with Gasteiger partial charge in [-0.15, -0.1) is 11.3 Å². The van der Waals surface area contributed by atoms with E-state index < -0.39 is 0 Å². The highest BCUT2D eigenvalue weighted by Gasteiger charge is 2.12. The summed E-state index contributed by atoms with van der Waals surface area (Å²) in [5.41, 5.74) is 0.574. The van der Waals surface area contributed by atoms with Gasteiger partial charge in [0.05, 0.1) is 15.6 Å². The van der Waals surface area contributed by atoms with E-state index in [1.807, 2.05) is 23.6 Å². The molecule has 1 aromatic carbocycles. The maximum Gasteiger partial charge on any atom is 0.227 e. The number of benzene rings is 1. The highest BCUT2D eigenvalue weighted by molar-refractivity contribution is 9.10. The molecule has 0 spiro atoms. The summed E-state index contributed by atoms with van der Waals surface area (Å²) < 4.78 is 6.02. The minimum atomic E-state index is -0.162. The molecule has 118 valence electrons. The van der Waals surface area contributed by atoms with Gasteiger partial charge in [0.15, 0.2) is 0 Å². The lowest BCUT2D eigenvalue weighted by atomic mass is 10.2. The number of amides is 1. The first kappa shape index (κ1) is 16.2. The van der Waals surface area contributed by atoms with Crippen LogP contribution in [0.5, 0.6) is 0 Å². The summed E-state index contributed by atoms with van der Waals surface area (Å²) in [6.45, 7) is 0. The summed E-state index contributed by atoms with van der Waals surface area (Å²) in [7, 11) is 0. The van der Waals surface area contributed by atoms with E-state index in [0.717, 1.165) is 9.35 Å². The fourth-order valence-electron chi connectivity index (χ4n) is 1.89. The number of aromatic nitrogens is 2. The van der Waals surface area contributed by atoms with Crippen LogP contribution in [0.15, 0.2) is 44.7 Å². The highest BCUT2D eigenvalue weighted by atomic mass is 79.9. The molecule has 0 fully saturated rings. The summed E-state index contributed by atoms with van der Waals surface area (Å²) in [5, 5.41) is 9.10. The van der Waals surface area contributed by atoms with E-state index in [-0.39, 0.29) is 12.3 Å². The van der Waals surface area contributed by atoms with Crippen LogP contribution in [0.3, 0.4) is 0 Å². The molecule has 0 saturated heterocycles. The van der Waals surface area contributed by atoms with Crippen molar-refractivity contribution >= 4 is 50.5 Å². The second-order valence-corrected chi connectivity index (χ2v) is 6.93. The molecule has 5 nitrogen and oxygen atoms in total. The lowest BCUT2D eigenvalue weighted by Crippen LogP contribution is -2.12. The third-order valence-electron chi connectivity index (χ3n) is 2.98. The van der Waals surface area contributed by atoms with Crippen LogP contribution in [0.1, 0.15) is 12.3 Å². The van der Waals surface area contributed by atoms with E-state index in [1.165, 1.54) is 11.3 Å². The minimum Gasteiger partial charge on any atom is -0.339 e. The molecule has 0 unspecified atom stereocenters. The smallest absolute Gasteiger partial charge is 0.227 e. The zero-order valence-electron chi connectivity index (χ0n) is 11.8. The van der Waals surface area contributed by atoms with Crippen LogP contribution in [-0.4, -0.2) is 16.0 Å². The maximum atomic E-state index is 12.0. The first-order chi connectivity index (χ1) is 11.1. The van der Waals surface area contributed by atoms with Gasteiger partial charge in [0.1, 0.15) is 0 Å². The molecular weight excluding hydrogens is 402 g/mol. The van der Waals surface area contributed by atoms with Crippen molar-refractivity contribution in [1.29, 1.82) is 0 Å². The fourth-order valence-corrected chi connectivity index (χ4v) is 3.26. The molecule has 1 N–H and O–H groups in total. The lowest BCUT2D eigenvalue weighted by Gasteiger charge is -2.06. The number of nitrogens with zero attached hydrogens (tertiary/aromatic N) is 2. The fraction of sp³-hybridized carbons (Fsp3) is 0.133. The van der Waals surface area contributed by atoms with E-state index in [2.05, 4.69) is 31.4 Å². The number of nitrogens with one attached hydrogen (secondary N) is 1. The van der Waals surface area contributed by atoms with Crippen LogP contribution in [0, 0.1) is 0 Å². The second-order valence-electron chi connectivity index (χ2n) is 4.66. The van der Waals surface area contributed by atoms with E-state index >= 15 is 0 Å². The van der Waals surface area contributed by atoms with Gasteiger partial charge in [-0.1, -0.05) is 38.8 Å². The van der Waals surface area contributed by atoms with Crippen molar-refractivity contribution in [3.8, 4) is 10.7 Å². The molecule has 0 saturated carbocycles. The summed E-state index contributed by atoms with van der Waals surface area (Å²) in [4.78, 5) is 17.2. The maximum absolute atomic E-state index is 12.0. The third-order valence-corrected chi connectivity index (χ3v) is 4.65. The normalized spacial score (nSPS) is 10.7. The Labute approximate surface area is 149 Å². The molecule has 2 heterocycles. The standard InChI is InChI=1S/C15H11BrClN3O2S/c16-9-3-4-11(10(17)8-9)18-13(21)5-6-14-19-15(20-22-14)12-2-1-7-23-12/h1-4,7-8H,5-6H2,(H,18,21). The molecule has 0 aliphatic carbocycles. The Kier molecular flexibility index (Phi) is 5.09. The number of anilines is 1. The van der Waals surface area contributed by atoms with Crippen LogP contribution in [0.2, 0.25) is 5.02 Å². The lowest BCUT2D eigenvalue weighted by molar-refractivity contribution is -0.116. The largest absolute Gasteiger partial charge is 0.339 e. The zero-order chi connectivity index (χ0) is 16.2. The SMILES string of the molecule is O=C(CCc1nc(-c2cccs2)no1)Nc1ccc(Br)cc1Cl. The molecule has 3 aromatic rings. The molecule has 0 aliphatic rings. The van der Waals surface area contributed by atoms with Crippen molar-refractivity contribution < 1.29 is 9.32 Å². The first-order valence-electron chi connectivity index (χ1n) is 6.73. The van der Waals surface area contributed by atoms with Gasteiger partial charge in [-0.25, -0.2) is 0 Å². The van der Waals surface area contributed by atoms with Crippen LogP contribution < -0.4 is 5.32 Å². The number of thiophene rings is 1. The van der Waals surface area contributed by atoms with Crippen molar-refractivity contribution in [3.05, 3.63) is 51.1 Å². The minimum absolute atomic E-state index is 0.162. The monoisotopic (exact) mass is 411 g/mol. The predicted octanol–water partition coefficient (Wildman–Crippen LogP) is 4.79. The molecule has 1 amide bonds. The number of rotatable bonds is 5. The Morgan fingerprint density at radius 1 is 1.39 bits per heavy atom. The quantitative estimate of drug-likeness (QED) is 0.654. The Balaban J connectivity index is 1.57. The van der Waals surface area contributed by atoms with E-state index in [4.69, 9.17) is 16.1 Å². The number of hydrogen-bond donors (Lipinski definition) is 1. The van der Waals surface area contributed by atoms with Crippen molar-refractivity contribution in [2.45, 2.75) is 12.8 Å². The average Bonchev–Trinajstić information content (AvgIpc) is 3.18. The molecule has 23 heavy (non-hydrogen) atoms. The molecule has 3 rings (SSSR count). The number of carbonyl (C=O) groups is 1. The van der Waals surface area contributed by atoms with Crippen LogP contribution in [0.25, 0.3) is 10.7 Å². The van der Waals surface area contributed by atoms with Crippen molar-refractivity contribution in [3.63, 3.8) is 0 Å². The van der Waals surface area contributed by atoms with Crippen molar-refractivity contribution in [2.24, 2.45) is 0 Å². The number of halogens is 2. The van der Waals surface area contributed by atoms with Crippen LogP contribution >= 0.6 is 38.9 Å². The van der Waals surface area contributed by atoms with Gasteiger partial charge >= 0.3 is 0 Å². The van der Waals surface area contributed by atoms with Crippen molar-refractivity contribution in [1.82, 2.24) is 10.1 Å². The average molecular weight is 413 g/mol. The Morgan fingerprint density at radius 3 is 3.00 bits per heavy atom. The van der Waals surface area contributed by atoms with E-state index in [1.54, 1.807) is 12.1 Å². The summed E-state index contributed by atoms with van der Waals surface area (Å²) in [6.07, 6.45) is 0.608. The molecule has 2 aromatic heterocycles. The van der Waals surface area contributed by atoms with Gasteiger partial charge in [0.2, 0.25) is 17.6 Å². The molecule has 0 atom stereocenters.